The van der Waals surface area contributed by atoms with Crippen LogP contribution in [0.2, 0.25) is 0 Å². The van der Waals surface area contributed by atoms with E-state index in [1.165, 1.54) is 38.5 Å². The van der Waals surface area contributed by atoms with E-state index in [2.05, 4.69) is 26.1 Å². The van der Waals surface area contributed by atoms with Crippen LogP contribution >= 0.6 is 0 Å². The first kappa shape index (κ1) is 11.4. The minimum atomic E-state index is 0.726. The van der Waals surface area contributed by atoms with Crippen molar-refractivity contribution in [3.63, 3.8) is 0 Å². The second-order valence-corrected chi connectivity index (χ2v) is 5.81. The molecule has 0 aliphatic heterocycles. The lowest BCUT2D eigenvalue weighted by Gasteiger charge is -2.30. The Balaban J connectivity index is 1.81. The summed E-state index contributed by atoms with van der Waals surface area (Å²) in [6.45, 7) is 7.05. The van der Waals surface area contributed by atoms with Crippen molar-refractivity contribution in [1.82, 2.24) is 5.32 Å². The maximum atomic E-state index is 3.91. The van der Waals surface area contributed by atoms with Gasteiger partial charge in [-0.25, -0.2) is 0 Å². The van der Waals surface area contributed by atoms with E-state index in [4.69, 9.17) is 0 Å². The molecule has 0 spiro atoms. The summed E-state index contributed by atoms with van der Waals surface area (Å²) in [7, 11) is 0. The summed E-state index contributed by atoms with van der Waals surface area (Å²) >= 11 is 0. The first-order valence-electron chi connectivity index (χ1n) is 7.00. The van der Waals surface area contributed by atoms with Gasteiger partial charge in [-0.3, -0.25) is 0 Å². The summed E-state index contributed by atoms with van der Waals surface area (Å²) in [5.74, 6) is 2.97. The monoisotopic (exact) mass is 209 g/mol. The molecular formula is C14H27N. The molecule has 0 aromatic rings. The minimum absolute atomic E-state index is 0.726. The lowest BCUT2D eigenvalue weighted by atomic mass is 9.91. The molecule has 15 heavy (non-hydrogen) atoms. The van der Waals surface area contributed by atoms with Gasteiger partial charge in [-0.15, -0.1) is 0 Å². The Morgan fingerprint density at radius 1 is 1.13 bits per heavy atom. The van der Waals surface area contributed by atoms with Gasteiger partial charge in [0.1, 0.15) is 0 Å². The topological polar surface area (TPSA) is 12.0 Å². The Morgan fingerprint density at radius 2 is 1.87 bits per heavy atom. The molecule has 2 saturated carbocycles. The molecule has 88 valence electrons. The molecule has 0 amide bonds. The molecule has 0 aromatic carbocycles. The smallest absolute Gasteiger partial charge is 0.0101 e. The van der Waals surface area contributed by atoms with Gasteiger partial charge in [-0.05, 0) is 43.9 Å². The Morgan fingerprint density at radius 3 is 2.33 bits per heavy atom. The number of hydrogen-bond acceptors (Lipinski definition) is 1. The van der Waals surface area contributed by atoms with Gasteiger partial charge in [-0.2, -0.15) is 0 Å². The summed E-state index contributed by atoms with van der Waals surface area (Å²) in [6, 6.07) is 1.59. The van der Waals surface area contributed by atoms with Gasteiger partial charge in [0.15, 0.2) is 0 Å². The van der Waals surface area contributed by atoms with Crippen LogP contribution in [0.1, 0.15) is 59.3 Å². The van der Waals surface area contributed by atoms with Gasteiger partial charge < -0.3 is 5.32 Å². The van der Waals surface area contributed by atoms with Crippen LogP contribution in [0.25, 0.3) is 0 Å². The SMILES string of the molecule is CCC(CC)C(C)NC1CC2CCC1C2. The van der Waals surface area contributed by atoms with Crippen molar-refractivity contribution in [3.05, 3.63) is 0 Å². The van der Waals surface area contributed by atoms with Crippen LogP contribution in [0.15, 0.2) is 0 Å². The molecule has 2 rings (SSSR count). The molecule has 0 radical (unpaired) electrons. The predicted octanol–water partition coefficient (Wildman–Crippen LogP) is 3.59. The third-order valence-electron chi connectivity index (χ3n) is 4.97. The molecule has 2 aliphatic carbocycles. The van der Waals surface area contributed by atoms with Crippen LogP contribution in [-0.4, -0.2) is 12.1 Å². The van der Waals surface area contributed by atoms with Gasteiger partial charge in [-0.1, -0.05) is 33.1 Å². The molecule has 1 N–H and O–H groups in total. The summed E-state index contributed by atoms with van der Waals surface area (Å²) < 4.78 is 0. The predicted molar refractivity (Wildman–Crippen MR) is 65.9 cm³/mol. The highest BCUT2D eigenvalue weighted by Gasteiger charge is 2.39. The maximum absolute atomic E-state index is 3.91. The highest BCUT2D eigenvalue weighted by molar-refractivity contribution is 4.95. The second-order valence-electron chi connectivity index (χ2n) is 5.81. The average molecular weight is 209 g/mol. The fraction of sp³-hybridized carbons (Fsp3) is 1.00. The molecule has 0 heterocycles. The molecule has 2 fully saturated rings. The zero-order chi connectivity index (χ0) is 10.8. The van der Waals surface area contributed by atoms with E-state index in [9.17, 15) is 0 Å². The molecule has 4 unspecified atom stereocenters. The highest BCUT2D eigenvalue weighted by Crippen LogP contribution is 2.44. The Hall–Kier alpha value is -0.0400. The van der Waals surface area contributed by atoms with E-state index in [0.717, 1.165) is 29.8 Å². The zero-order valence-electron chi connectivity index (χ0n) is 10.6. The largest absolute Gasteiger partial charge is 0.311 e. The third-order valence-corrected chi connectivity index (χ3v) is 4.97. The fourth-order valence-corrected chi connectivity index (χ4v) is 3.92. The standard InChI is InChI=1S/C14H27N/c1-4-12(5-2)10(3)15-14-9-11-6-7-13(14)8-11/h10-15H,4-9H2,1-3H3. The molecule has 1 nitrogen and oxygen atoms in total. The van der Waals surface area contributed by atoms with Gasteiger partial charge in [0, 0.05) is 12.1 Å². The van der Waals surface area contributed by atoms with Crippen molar-refractivity contribution < 1.29 is 0 Å². The summed E-state index contributed by atoms with van der Waals surface area (Å²) in [5.41, 5.74) is 0. The normalized spacial score (nSPS) is 36.4. The van der Waals surface area contributed by atoms with Crippen molar-refractivity contribution in [1.29, 1.82) is 0 Å². The molecule has 0 aromatic heterocycles. The Labute approximate surface area is 95.0 Å². The van der Waals surface area contributed by atoms with Crippen LogP contribution in [0.3, 0.4) is 0 Å². The fourth-order valence-electron chi connectivity index (χ4n) is 3.92. The second kappa shape index (κ2) is 4.86. The molecule has 4 atom stereocenters. The van der Waals surface area contributed by atoms with Gasteiger partial charge >= 0.3 is 0 Å². The third kappa shape index (κ3) is 2.38. The van der Waals surface area contributed by atoms with Crippen LogP contribution < -0.4 is 5.32 Å². The van der Waals surface area contributed by atoms with Crippen molar-refractivity contribution in [2.75, 3.05) is 0 Å². The summed E-state index contributed by atoms with van der Waals surface area (Å²) in [4.78, 5) is 0. The lowest BCUT2D eigenvalue weighted by Crippen LogP contribution is -2.43. The Kier molecular flexibility index (Phi) is 3.71. The van der Waals surface area contributed by atoms with E-state index < -0.39 is 0 Å². The van der Waals surface area contributed by atoms with Crippen molar-refractivity contribution in [3.8, 4) is 0 Å². The quantitative estimate of drug-likeness (QED) is 0.729. The number of fused-ring (bicyclic) bond motifs is 2. The van der Waals surface area contributed by atoms with E-state index in [1.54, 1.807) is 0 Å². The molecular weight excluding hydrogens is 182 g/mol. The van der Waals surface area contributed by atoms with E-state index in [0.29, 0.717) is 0 Å². The first-order chi connectivity index (χ1) is 7.24. The van der Waals surface area contributed by atoms with E-state index >= 15 is 0 Å². The van der Waals surface area contributed by atoms with Crippen LogP contribution in [-0.2, 0) is 0 Å². The van der Waals surface area contributed by atoms with Crippen LogP contribution in [0.5, 0.6) is 0 Å². The molecule has 1 heteroatoms. The minimum Gasteiger partial charge on any atom is -0.311 e. The highest BCUT2D eigenvalue weighted by atomic mass is 15.0. The van der Waals surface area contributed by atoms with E-state index in [-0.39, 0.29) is 0 Å². The van der Waals surface area contributed by atoms with Crippen molar-refractivity contribution >= 4 is 0 Å². The molecule has 2 bridgehead atoms. The number of hydrogen-bond donors (Lipinski definition) is 1. The van der Waals surface area contributed by atoms with Gasteiger partial charge in [0.2, 0.25) is 0 Å². The lowest BCUT2D eigenvalue weighted by molar-refractivity contribution is 0.269. The summed E-state index contributed by atoms with van der Waals surface area (Å²) in [5, 5.41) is 3.91. The first-order valence-corrected chi connectivity index (χ1v) is 7.00. The zero-order valence-corrected chi connectivity index (χ0v) is 10.6. The van der Waals surface area contributed by atoms with E-state index in [1.807, 2.05) is 0 Å². The molecule has 0 saturated heterocycles. The van der Waals surface area contributed by atoms with Gasteiger partial charge in [0.05, 0.1) is 0 Å². The van der Waals surface area contributed by atoms with Crippen LogP contribution in [0.4, 0.5) is 0 Å². The van der Waals surface area contributed by atoms with Crippen LogP contribution in [0, 0.1) is 17.8 Å². The van der Waals surface area contributed by atoms with Gasteiger partial charge in [0.25, 0.3) is 0 Å². The maximum Gasteiger partial charge on any atom is 0.0101 e. The number of nitrogens with one attached hydrogen (secondary N) is 1. The number of rotatable bonds is 5. The molecule has 2 aliphatic rings. The summed E-state index contributed by atoms with van der Waals surface area (Å²) in [6.07, 6.45) is 8.65. The Bertz CT molecular complexity index is 198. The van der Waals surface area contributed by atoms with Crippen molar-refractivity contribution in [2.24, 2.45) is 17.8 Å². The van der Waals surface area contributed by atoms with Crippen molar-refractivity contribution in [2.45, 2.75) is 71.4 Å². The average Bonchev–Trinajstić information content (AvgIpc) is 2.81.